The van der Waals surface area contributed by atoms with Crippen molar-refractivity contribution in [3.8, 4) is 0 Å². The van der Waals surface area contributed by atoms with Gasteiger partial charge in [-0.05, 0) is 25.5 Å². The van der Waals surface area contributed by atoms with Crippen molar-refractivity contribution in [1.82, 2.24) is 15.6 Å². The number of nitrogens with one attached hydrogen (secondary N) is 2. The van der Waals surface area contributed by atoms with Crippen LogP contribution in [0.1, 0.15) is 52.1 Å². The molecule has 0 spiro atoms. The Bertz CT molecular complexity index is 750. The summed E-state index contributed by atoms with van der Waals surface area (Å²) in [5, 5.41) is 18.0. The van der Waals surface area contributed by atoms with Crippen LogP contribution >= 0.6 is 23.7 Å². The summed E-state index contributed by atoms with van der Waals surface area (Å²) in [4.78, 5) is 18.2. The molecule has 1 amide bonds. The Kier molecular flexibility index (Phi) is 6.80. The van der Waals surface area contributed by atoms with E-state index in [-0.39, 0.29) is 24.2 Å². The normalized spacial score (nSPS) is 22.7. The number of rotatable bonds is 4. The molecule has 1 aliphatic heterocycles. The minimum absolute atomic E-state index is 0. The number of aromatic nitrogens is 1. The van der Waals surface area contributed by atoms with Crippen LogP contribution in [0.25, 0.3) is 0 Å². The molecular formula is C19H26ClN3O2S. The maximum absolute atomic E-state index is 13.0. The third kappa shape index (κ3) is 3.93. The molecule has 142 valence electrons. The minimum atomic E-state index is -0.780. The van der Waals surface area contributed by atoms with Gasteiger partial charge in [0.25, 0.3) is 5.91 Å². The quantitative estimate of drug-likeness (QED) is 0.744. The number of aliphatic hydroxyl groups is 1. The predicted molar refractivity (Wildman–Crippen MR) is 107 cm³/mol. The number of nitrogens with zero attached hydrogens (tertiary/aromatic N) is 1. The first-order valence-electron chi connectivity index (χ1n) is 8.68. The van der Waals surface area contributed by atoms with Crippen molar-refractivity contribution in [2.45, 2.75) is 44.8 Å². The Labute approximate surface area is 164 Å². The van der Waals surface area contributed by atoms with E-state index in [2.05, 4.69) is 29.5 Å². The van der Waals surface area contributed by atoms with E-state index >= 15 is 0 Å². The van der Waals surface area contributed by atoms with Crippen LogP contribution in [0.3, 0.4) is 0 Å². The van der Waals surface area contributed by atoms with Crippen LogP contribution in [-0.4, -0.2) is 35.2 Å². The highest BCUT2D eigenvalue weighted by Gasteiger charge is 2.43. The van der Waals surface area contributed by atoms with Crippen molar-refractivity contribution in [2.24, 2.45) is 0 Å². The summed E-state index contributed by atoms with van der Waals surface area (Å²) in [6.07, 6.45) is -0.0517. The van der Waals surface area contributed by atoms with E-state index in [0.717, 1.165) is 22.8 Å². The molecule has 0 bridgehead atoms. The number of hydrogen-bond donors (Lipinski definition) is 3. The average molecular weight is 396 g/mol. The van der Waals surface area contributed by atoms with Crippen molar-refractivity contribution >= 4 is 29.7 Å². The Balaban J connectivity index is 0.00000243. The van der Waals surface area contributed by atoms with Crippen molar-refractivity contribution < 1.29 is 9.90 Å². The van der Waals surface area contributed by atoms with Gasteiger partial charge in [0.2, 0.25) is 0 Å². The Morgan fingerprint density at radius 2 is 2.08 bits per heavy atom. The van der Waals surface area contributed by atoms with Crippen LogP contribution in [0, 0.1) is 6.92 Å². The average Bonchev–Trinajstić information content (AvgIpc) is 3.00. The molecule has 0 saturated carbocycles. The van der Waals surface area contributed by atoms with Gasteiger partial charge in [-0.15, -0.1) is 23.7 Å². The van der Waals surface area contributed by atoms with Gasteiger partial charge in [-0.25, -0.2) is 4.98 Å². The zero-order valence-corrected chi connectivity index (χ0v) is 16.9. The number of carbonyl (C=O) groups excluding carboxylic acids is 1. The fourth-order valence-electron chi connectivity index (χ4n) is 3.29. The van der Waals surface area contributed by atoms with Gasteiger partial charge in [-0.1, -0.05) is 44.2 Å². The molecule has 1 aromatic carbocycles. The lowest BCUT2D eigenvalue weighted by atomic mass is 9.79. The Morgan fingerprint density at radius 1 is 1.38 bits per heavy atom. The molecule has 2 heterocycles. The summed E-state index contributed by atoms with van der Waals surface area (Å²) in [5.41, 5.74) is 0.902. The topological polar surface area (TPSA) is 74.2 Å². The highest BCUT2D eigenvalue weighted by atomic mass is 35.5. The number of aliphatic hydroxyl groups excluding tert-OH is 1. The van der Waals surface area contributed by atoms with Crippen LogP contribution in [0.2, 0.25) is 0 Å². The van der Waals surface area contributed by atoms with Crippen molar-refractivity contribution in [3.63, 3.8) is 0 Å². The lowest BCUT2D eigenvalue weighted by Crippen LogP contribution is -2.61. The molecule has 3 rings (SSSR count). The van der Waals surface area contributed by atoms with Crippen LogP contribution in [-0.2, 0) is 5.54 Å². The second-order valence-corrected chi connectivity index (χ2v) is 7.91. The van der Waals surface area contributed by atoms with Gasteiger partial charge in [0.15, 0.2) is 0 Å². The highest BCUT2D eigenvalue weighted by Crippen LogP contribution is 2.33. The zero-order chi connectivity index (χ0) is 18.0. The molecule has 0 aliphatic carbocycles. The van der Waals surface area contributed by atoms with Gasteiger partial charge < -0.3 is 15.7 Å². The third-order valence-corrected chi connectivity index (χ3v) is 6.20. The maximum atomic E-state index is 13.0. The number of hydrogen-bond acceptors (Lipinski definition) is 5. The fraction of sp³-hybridized carbons (Fsp3) is 0.474. The lowest BCUT2D eigenvalue weighted by molar-refractivity contribution is 0.0291. The molecule has 2 aromatic rings. The van der Waals surface area contributed by atoms with Gasteiger partial charge in [-0.2, -0.15) is 0 Å². The van der Waals surface area contributed by atoms with Gasteiger partial charge in [0.1, 0.15) is 4.88 Å². The van der Waals surface area contributed by atoms with Gasteiger partial charge in [-0.3, -0.25) is 4.79 Å². The summed E-state index contributed by atoms with van der Waals surface area (Å²) in [7, 11) is 0. The number of amides is 1. The number of carbonyl (C=O) groups is 1. The van der Waals surface area contributed by atoms with Gasteiger partial charge in [0, 0.05) is 12.5 Å². The SMILES string of the molecule is Cc1nc(C(C)C)sc1C(=O)N[C@]1(c2ccccc2)CCNC[C@H]1O.Cl. The molecule has 1 aromatic heterocycles. The molecule has 7 heteroatoms. The molecule has 1 fully saturated rings. The maximum Gasteiger partial charge on any atom is 0.264 e. The summed E-state index contributed by atoms with van der Waals surface area (Å²) in [5.74, 6) is 0.129. The van der Waals surface area contributed by atoms with Gasteiger partial charge in [0.05, 0.1) is 22.3 Å². The number of halogens is 1. The summed E-state index contributed by atoms with van der Waals surface area (Å²) in [6, 6.07) is 9.75. The van der Waals surface area contributed by atoms with Crippen LogP contribution in [0.15, 0.2) is 30.3 Å². The molecule has 0 radical (unpaired) electrons. The van der Waals surface area contributed by atoms with Crippen LogP contribution in [0.4, 0.5) is 0 Å². The molecule has 26 heavy (non-hydrogen) atoms. The molecule has 2 atom stereocenters. The van der Waals surface area contributed by atoms with E-state index in [1.807, 2.05) is 37.3 Å². The standard InChI is InChI=1S/C19H25N3O2S.ClH/c1-12(2)18-21-13(3)16(25-18)17(24)22-19(9-10-20-11-15(19)23)14-7-5-4-6-8-14;/h4-8,12,15,20,23H,9-11H2,1-3H3,(H,22,24);1H/t15-,19+;/m1./s1. The second kappa shape index (κ2) is 8.48. The first-order chi connectivity index (χ1) is 11.9. The Morgan fingerprint density at radius 3 is 2.65 bits per heavy atom. The largest absolute Gasteiger partial charge is 0.389 e. The molecule has 1 aliphatic rings. The second-order valence-electron chi connectivity index (χ2n) is 6.88. The number of β-amino-alcohol motifs (C(OH)–C–C–N with tert-alkyl or cyclic N) is 1. The zero-order valence-electron chi connectivity index (χ0n) is 15.3. The monoisotopic (exact) mass is 395 g/mol. The van der Waals surface area contributed by atoms with E-state index in [0.29, 0.717) is 17.8 Å². The molecule has 3 N–H and O–H groups in total. The van der Waals surface area contributed by atoms with Crippen LogP contribution < -0.4 is 10.6 Å². The fourth-order valence-corrected chi connectivity index (χ4v) is 4.25. The minimum Gasteiger partial charge on any atom is -0.389 e. The van der Waals surface area contributed by atoms with E-state index < -0.39 is 11.6 Å². The first-order valence-corrected chi connectivity index (χ1v) is 9.50. The van der Waals surface area contributed by atoms with Crippen molar-refractivity contribution in [2.75, 3.05) is 13.1 Å². The predicted octanol–water partition coefficient (Wildman–Crippen LogP) is 2.98. The van der Waals surface area contributed by atoms with Gasteiger partial charge >= 0.3 is 0 Å². The molecule has 5 nitrogen and oxygen atoms in total. The molecular weight excluding hydrogens is 370 g/mol. The van der Waals surface area contributed by atoms with E-state index in [9.17, 15) is 9.90 Å². The summed E-state index contributed by atoms with van der Waals surface area (Å²) in [6.45, 7) is 7.20. The molecule has 0 unspecified atom stereocenters. The smallest absolute Gasteiger partial charge is 0.264 e. The van der Waals surface area contributed by atoms with Crippen LogP contribution in [0.5, 0.6) is 0 Å². The summed E-state index contributed by atoms with van der Waals surface area (Å²) >= 11 is 1.44. The first kappa shape index (κ1) is 20.8. The third-order valence-electron chi connectivity index (χ3n) is 4.74. The summed E-state index contributed by atoms with van der Waals surface area (Å²) < 4.78 is 0. The van der Waals surface area contributed by atoms with Crippen molar-refractivity contribution in [3.05, 3.63) is 51.5 Å². The molecule has 1 saturated heterocycles. The van der Waals surface area contributed by atoms with E-state index in [1.54, 1.807) is 0 Å². The number of aryl methyl sites for hydroxylation is 1. The lowest BCUT2D eigenvalue weighted by Gasteiger charge is -2.42. The van der Waals surface area contributed by atoms with Crippen molar-refractivity contribution in [1.29, 1.82) is 0 Å². The highest BCUT2D eigenvalue weighted by molar-refractivity contribution is 7.13. The van der Waals surface area contributed by atoms with E-state index in [4.69, 9.17) is 0 Å². The van der Waals surface area contributed by atoms with E-state index in [1.165, 1.54) is 11.3 Å². The number of thiazole rings is 1. The Hall–Kier alpha value is -1.47. The number of benzene rings is 1. The number of piperidine rings is 1.